The number of hydrogen-bond donors (Lipinski definition) is 1. The maximum absolute atomic E-state index is 8.77. The predicted octanol–water partition coefficient (Wildman–Crippen LogP) is 4.94. The lowest BCUT2D eigenvalue weighted by atomic mass is 10.2. The van der Waals surface area contributed by atoms with Gasteiger partial charge in [0.2, 0.25) is 0 Å². The van der Waals surface area contributed by atoms with Crippen LogP contribution < -0.4 is 5.32 Å². The number of benzene rings is 1. The molecule has 0 fully saturated rings. The van der Waals surface area contributed by atoms with Gasteiger partial charge in [0.1, 0.15) is 11.8 Å². The summed E-state index contributed by atoms with van der Waals surface area (Å²) in [6, 6.07) is 9.09. The third kappa shape index (κ3) is 3.08. The van der Waals surface area contributed by atoms with Gasteiger partial charge < -0.3 is 9.73 Å². The second-order valence-corrected chi connectivity index (χ2v) is 5.48. The molecule has 92 valence electrons. The predicted molar refractivity (Wildman–Crippen MR) is 77.6 cm³/mol. The van der Waals surface area contributed by atoms with E-state index in [1.165, 1.54) is 0 Å². The van der Waals surface area contributed by atoms with E-state index in [0.717, 1.165) is 15.9 Å². The molecule has 6 heteroatoms. The monoisotopic (exact) mass is 388 g/mol. The van der Waals surface area contributed by atoms with Crippen molar-refractivity contribution in [3.8, 4) is 6.07 Å². The van der Waals surface area contributed by atoms with E-state index in [-0.39, 0.29) is 0 Å². The Balaban J connectivity index is 2.07. The number of halogens is 3. The van der Waals surface area contributed by atoms with Crippen LogP contribution in [0.15, 0.2) is 37.8 Å². The first-order chi connectivity index (χ1) is 8.60. The molecule has 0 aliphatic rings. The molecule has 0 saturated carbocycles. The molecule has 1 aromatic carbocycles. The SMILES string of the molecule is N#Cc1ccc(NCc2cc(Br)c(Br)o2)cc1Cl. The molecule has 0 spiro atoms. The molecule has 2 rings (SSSR count). The Bertz CT molecular complexity index is 600. The standard InChI is InChI=1S/C12H7Br2ClN2O/c13-10-4-9(18-12(10)14)6-17-8-2-1-7(5-16)11(15)3-8/h1-4,17H,6H2. The summed E-state index contributed by atoms with van der Waals surface area (Å²) in [7, 11) is 0. The van der Waals surface area contributed by atoms with Gasteiger partial charge in [-0.25, -0.2) is 0 Å². The molecule has 0 atom stereocenters. The Kier molecular flexibility index (Phi) is 4.33. The zero-order valence-electron chi connectivity index (χ0n) is 9.01. The first kappa shape index (κ1) is 13.5. The van der Waals surface area contributed by atoms with Gasteiger partial charge in [0.05, 0.1) is 21.6 Å². The van der Waals surface area contributed by atoms with Gasteiger partial charge in [0, 0.05) is 5.69 Å². The lowest BCUT2D eigenvalue weighted by Gasteiger charge is -2.05. The van der Waals surface area contributed by atoms with Crippen LogP contribution >= 0.6 is 43.5 Å². The van der Waals surface area contributed by atoms with E-state index in [4.69, 9.17) is 21.3 Å². The van der Waals surface area contributed by atoms with Gasteiger partial charge in [0.25, 0.3) is 0 Å². The molecule has 1 aromatic heterocycles. The van der Waals surface area contributed by atoms with E-state index in [1.54, 1.807) is 18.2 Å². The van der Waals surface area contributed by atoms with Crippen molar-refractivity contribution in [2.24, 2.45) is 0 Å². The highest BCUT2D eigenvalue weighted by Crippen LogP contribution is 2.27. The highest BCUT2D eigenvalue weighted by molar-refractivity contribution is 9.13. The molecule has 0 aliphatic heterocycles. The van der Waals surface area contributed by atoms with Gasteiger partial charge in [-0.15, -0.1) is 0 Å². The van der Waals surface area contributed by atoms with Crippen molar-refractivity contribution in [3.63, 3.8) is 0 Å². The van der Waals surface area contributed by atoms with Crippen LogP contribution in [-0.2, 0) is 6.54 Å². The quantitative estimate of drug-likeness (QED) is 0.807. The van der Waals surface area contributed by atoms with Crippen LogP contribution in [0.1, 0.15) is 11.3 Å². The molecule has 1 heterocycles. The Morgan fingerprint density at radius 2 is 2.11 bits per heavy atom. The second-order valence-electron chi connectivity index (χ2n) is 3.49. The van der Waals surface area contributed by atoms with Crippen LogP contribution in [0.25, 0.3) is 0 Å². The summed E-state index contributed by atoms with van der Waals surface area (Å²) in [5, 5.41) is 12.4. The lowest BCUT2D eigenvalue weighted by molar-refractivity contribution is 0.494. The zero-order chi connectivity index (χ0) is 13.1. The van der Waals surface area contributed by atoms with Gasteiger partial charge in [-0.1, -0.05) is 11.6 Å². The molecule has 0 unspecified atom stereocenters. The number of nitrogens with one attached hydrogen (secondary N) is 1. The molecule has 0 bridgehead atoms. The van der Waals surface area contributed by atoms with E-state index in [1.807, 2.05) is 12.1 Å². The normalized spacial score (nSPS) is 10.1. The zero-order valence-corrected chi connectivity index (χ0v) is 12.9. The van der Waals surface area contributed by atoms with Gasteiger partial charge in [-0.2, -0.15) is 5.26 Å². The number of nitrogens with zero attached hydrogens (tertiary/aromatic N) is 1. The molecular formula is C12H7Br2ClN2O. The topological polar surface area (TPSA) is 49.0 Å². The number of nitriles is 1. The average Bonchev–Trinajstić information content (AvgIpc) is 2.66. The summed E-state index contributed by atoms with van der Waals surface area (Å²) < 4.78 is 6.97. The van der Waals surface area contributed by atoms with Crippen LogP contribution in [0.3, 0.4) is 0 Å². The Hall–Kier alpha value is -0.960. The van der Waals surface area contributed by atoms with Crippen LogP contribution in [0.4, 0.5) is 5.69 Å². The number of anilines is 1. The molecule has 1 N–H and O–H groups in total. The fraction of sp³-hybridized carbons (Fsp3) is 0.0833. The van der Waals surface area contributed by atoms with Gasteiger partial charge in [-0.05, 0) is 56.1 Å². The lowest BCUT2D eigenvalue weighted by Crippen LogP contribution is -1.98. The van der Waals surface area contributed by atoms with Crippen molar-refractivity contribution in [1.82, 2.24) is 0 Å². The van der Waals surface area contributed by atoms with E-state index in [0.29, 0.717) is 21.8 Å². The van der Waals surface area contributed by atoms with Crippen LogP contribution in [-0.4, -0.2) is 0 Å². The average molecular weight is 390 g/mol. The first-order valence-corrected chi connectivity index (χ1v) is 6.94. The molecule has 0 radical (unpaired) electrons. The Labute approximate surface area is 126 Å². The van der Waals surface area contributed by atoms with E-state index in [2.05, 4.69) is 37.2 Å². The van der Waals surface area contributed by atoms with E-state index >= 15 is 0 Å². The number of furan rings is 1. The summed E-state index contributed by atoms with van der Waals surface area (Å²) in [4.78, 5) is 0. The summed E-state index contributed by atoms with van der Waals surface area (Å²) in [6.07, 6.45) is 0. The summed E-state index contributed by atoms with van der Waals surface area (Å²) >= 11 is 12.6. The summed E-state index contributed by atoms with van der Waals surface area (Å²) in [6.45, 7) is 0.534. The fourth-order valence-electron chi connectivity index (χ4n) is 1.38. The minimum absolute atomic E-state index is 0.435. The summed E-state index contributed by atoms with van der Waals surface area (Å²) in [5.41, 5.74) is 1.30. The van der Waals surface area contributed by atoms with E-state index < -0.39 is 0 Å². The number of rotatable bonds is 3. The molecule has 3 nitrogen and oxygen atoms in total. The second kappa shape index (κ2) is 5.79. The molecular weight excluding hydrogens is 383 g/mol. The van der Waals surface area contributed by atoms with E-state index in [9.17, 15) is 0 Å². The van der Waals surface area contributed by atoms with Crippen LogP contribution in [0, 0.1) is 11.3 Å². The highest BCUT2D eigenvalue weighted by Gasteiger charge is 2.06. The van der Waals surface area contributed by atoms with Gasteiger partial charge in [-0.3, -0.25) is 0 Å². The van der Waals surface area contributed by atoms with Crippen molar-refractivity contribution in [2.45, 2.75) is 6.54 Å². The molecule has 0 saturated heterocycles. The van der Waals surface area contributed by atoms with Crippen molar-refractivity contribution in [3.05, 3.63) is 49.8 Å². The van der Waals surface area contributed by atoms with Crippen LogP contribution in [0.5, 0.6) is 0 Å². The third-order valence-electron chi connectivity index (χ3n) is 2.25. The molecule has 0 amide bonds. The van der Waals surface area contributed by atoms with Crippen LogP contribution in [0.2, 0.25) is 5.02 Å². The minimum Gasteiger partial charge on any atom is -0.451 e. The van der Waals surface area contributed by atoms with Gasteiger partial charge in [0.15, 0.2) is 4.67 Å². The Morgan fingerprint density at radius 1 is 1.33 bits per heavy atom. The van der Waals surface area contributed by atoms with Gasteiger partial charge >= 0.3 is 0 Å². The maximum Gasteiger partial charge on any atom is 0.183 e. The summed E-state index contributed by atoms with van der Waals surface area (Å²) in [5.74, 6) is 0.786. The minimum atomic E-state index is 0.435. The molecule has 0 aliphatic carbocycles. The van der Waals surface area contributed by atoms with Crippen molar-refractivity contribution < 1.29 is 4.42 Å². The Morgan fingerprint density at radius 3 is 2.67 bits per heavy atom. The fourth-order valence-corrected chi connectivity index (χ4v) is 2.26. The number of hydrogen-bond acceptors (Lipinski definition) is 3. The third-order valence-corrected chi connectivity index (χ3v) is 4.28. The van der Waals surface area contributed by atoms with Crippen molar-refractivity contribution in [1.29, 1.82) is 5.26 Å². The maximum atomic E-state index is 8.77. The smallest absolute Gasteiger partial charge is 0.183 e. The highest BCUT2D eigenvalue weighted by atomic mass is 79.9. The van der Waals surface area contributed by atoms with Crippen molar-refractivity contribution in [2.75, 3.05) is 5.32 Å². The van der Waals surface area contributed by atoms with Crippen molar-refractivity contribution >= 4 is 49.1 Å². The largest absolute Gasteiger partial charge is 0.451 e. The molecule has 2 aromatic rings. The first-order valence-electron chi connectivity index (χ1n) is 4.97. The molecule has 18 heavy (non-hydrogen) atoms.